The first-order valence-corrected chi connectivity index (χ1v) is 12.2. The molecule has 0 spiro atoms. The van der Waals surface area contributed by atoms with E-state index >= 15 is 0 Å². The van der Waals surface area contributed by atoms with Gasteiger partial charge in [-0.15, -0.1) is 0 Å². The summed E-state index contributed by atoms with van der Waals surface area (Å²) in [6.45, 7) is 3.87. The Balaban J connectivity index is 1.51. The van der Waals surface area contributed by atoms with Gasteiger partial charge in [0.05, 0.1) is 16.5 Å². The van der Waals surface area contributed by atoms with E-state index in [1.807, 2.05) is 13.0 Å². The van der Waals surface area contributed by atoms with Gasteiger partial charge in [0, 0.05) is 23.8 Å². The number of amides is 2. The van der Waals surface area contributed by atoms with Gasteiger partial charge in [-0.25, -0.2) is 8.42 Å². The van der Waals surface area contributed by atoms with Gasteiger partial charge in [-0.05, 0) is 62.6 Å². The van der Waals surface area contributed by atoms with Crippen LogP contribution in [0.15, 0.2) is 41.3 Å². The molecule has 2 amide bonds. The molecule has 2 aliphatic rings. The number of sulfonamides is 1. The van der Waals surface area contributed by atoms with Gasteiger partial charge in [0.15, 0.2) is 6.10 Å². The average molecular weight is 478 g/mol. The number of hydrogen-bond donors (Lipinski definition) is 2. The van der Waals surface area contributed by atoms with E-state index in [2.05, 4.69) is 10.6 Å². The number of benzene rings is 2. The molecule has 2 aliphatic heterocycles. The number of rotatable bonds is 4. The fraction of sp³-hybridized carbons (Fsp3) is 0.364. The molecule has 32 heavy (non-hydrogen) atoms. The maximum absolute atomic E-state index is 13.3. The highest BCUT2D eigenvalue weighted by atomic mass is 35.5. The number of aryl methyl sites for hydroxylation is 1. The molecular weight excluding hydrogens is 454 g/mol. The maximum Gasteiger partial charge on any atom is 0.265 e. The third-order valence-electron chi connectivity index (χ3n) is 5.73. The van der Waals surface area contributed by atoms with Crippen molar-refractivity contribution in [3.05, 3.63) is 47.0 Å². The second kappa shape index (κ2) is 8.73. The molecule has 10 heteroatoms. The lowest BCUT2D eigenvalue weighted by Crippen LogP contribution is -2.43. The Morgan fingerprint density at radius 3 is 2.81 bits per heavy atom. The molecule has 0 aromatic heterocycles. The Hall–Kier alpha value is -2.62. The first kappa shape index (κ1) is 22.6. The smallest absolute Gasteiger partial charge is 0.265 e. The normalized spacial score (nSPS) is 21.3. The number of halogens is 1. The Morgan fingerprint density at radius 1 is 1.25 bits per heavy atom. The molecule has 0 unspecified atom stereocenters. The van der Waals surface area contributed by atoms with Gasteiger partial charge >= 0.3 is 0 Å². The van der Waals surface area contributed by atoms with Crippen LogP contribution in [0.25, 0.3) is 0 Å². The monoisotopic (exact) mass is 477 g/mol. The lowest BCUT2D eigenvalue weighted by molar-refractivity contribution is -0.123. The number of anilines is 2. The Kier molecular flexibility index (Phi) is 6.15. The number of carbonyl (C=O) groups excluding carboxylic acids is 2. The number of nitrogens with one attached hydrogen (secondary N) is 2. The second-order valence-corrected chi connectivity index (χ2v) is 10.4. The summed E-state index contributed by atoms with van der Waals surface area (Å²) < 4.78 is 33.4. The summed E-state index contributed by atoms with van der Waals surface area (Å²) >= 11 is 6.03. The summed E-state index contributed by atoms with van der Waals surface area (Å²) in [7, 11) is -3.86. The molecule has 0 bridgehead atoms. The standard InChI is InChI=1S/C22H24ClN3O5S/c1-13-5-6-16(23)10-18(13)24-22(28)15-4-3-9-26(12-15)32(29,30)17-7-8-20-19(11-17)25-21(27)14(2)31-20/h5-8,10-11,14-15H,3-4,9,12H2,1-2H3,(H,24,28)(H,25,27)/t14-,15+/m0/s1. The molecule has 2 aromatic rings. The van der Waals surface area contributed by atoms with E-state index in [1.54, 1.807) is 19.1 Å². The summed E-state index contributed by atoms with van der Waals surface area (Å²) in [5.74, 6) is -0.643. The number of fused-ring (bicyclic) bond motifs is 1. The van der Waals surface area contributed by atoms with Crippen LogP contribution < -0.4 is 15.4 Å². The zero-order valence-corrected chi connectivity index (χ0v) is 19.3. The molecule has 0 saturated carbocycles. The van der Waals surface area contributed by atoms with Gasteiger partial charge in [0.2, 0.25) is 15.9 Å². The highest BCUT2D eigenvalue weighted by molar-refractivity contribution is 7.89. The van der Waals surface area contributed by atoms with Crippen molar-refractivity contribution in [1.82, 2.24) is 4.31 Å². The van der Waals surface area contributed by atoms with E-state index in [4.69, 9.17) is 16.3 Å². The van der Waals surface area contributed by atoms with Crippen LogP contribution >= 0.6 is 11.6 Å². The van der Waals surface area contributed by atoms with Gasteiger partial charge in [-0.1, -0.05) is 17.7 Å². The minimum Gasteiger partial charge on any atom is -0.479 e. The molecule has 1 saturated heterocycles. The quantitative estimate of drug-likeness (QED) is 0.702. The zero-order valence-electron chi connectivity index (χ0n) is 17.7. The van der Waals surface area contributed by atoms with Crippen LogP contribution in [-0.2, 0) is 19.6 Å². The third kappa shape index (κ3) is 4.46. The minimum atomic E-state index is -3.86. The number of carbonyl (C=O) groups is 2. The fourth-order valence-electron chi connectivity index (χ4n) is 3.84. The molecule has 170 valence electrons. The molecular formula is C22H24ClN3O5S. The van der Waals surface area contributed by atoms with Crippen LogP contribution in [0.2, 0.25) is 5.02 Å². The topological polar surface area (TPSA) is 105 Å². The predicted molar refractivity (Wildman–Crippen MR) is 121 cm³/mol. The molecule has 4 rings (SSSR count). The average Bonchev–Trinajstić information content (AvgIpc) is 2.76. The van der Waals surface area contributed by atoms with E-state index in [0.29, 0.717) is 41.5 Å². The first-order chi connectivity index (χ1) is 15.1. The van der Waals surface area contributed by atoms with Crippen molar-refractivity contribution in [1.29, 1.82) is 0 Å². The molecule has 8 nitrogen and oxygen atoms in total. The van der Waals surface area contributed by atoms with Crippen molar-refractivity contribution in [2.45, 2.75) is 37.7 Å². The summed E-state index contributed by atoms with van der Waals surface area (Å²) in [4.78, 5) is 24.8. The van der Waals surface area contributed by atoms with Crippen LogP contribution in [0.4, 0.5) is 11.4 Å². The molecule has 0 aliphatic carbocycles. The number of nitrogens with zero attached hydrogens (tertiary/aromatic N) is 1. The lowest BCUT2D eigenvalue weighted by Gasteiger charge is -2.31. The second-order valence-electron chi connectivity index (χ2n) is 8.06. The summed E-state index contributed by atoms with van der Waals surface area (Å²) in [6.07, 6.45) is 0.506. The Morgan fingerprint density at radius 2 is 2.03 bits per heavy atom. The van der Waals surface area contributed by atoms with Gasteiger partial charge in [0.1, 0.15) is 5.75 Å². The van der Waals surface area contributed by atoms with Gasteiger partial charge in [-0.2, -0.15) is 4.31 Å². The van der Waals surface area contributed by atoms with Crippen molar-refractivity contribution in [3.63, 3.8) is 0 Å². The van der Waals surface area contributed by atoms with Crippen LogP contribution in [0.1, 0.15) is 25.3 Å². The van der Waals surface area contributed by atoms with Crippen LogP contribution in [0, 0.1) is 12.8 Å². The number of ether oxygens (including phenoxy) is 1. The van der Waals surface area contributed by atoms with Crippen molar-refractivity contribution in [3.8, 4) is 5.75 Å². The van der Waals surface area contributed by atoms with Crippen LogP contribution in [0.5, 0.6) is 5.75 Å². The Labute approximate surface area is 191 Å². The Bertz CT molecular complexity index is 1180. The van der Waals surface area contributed by atoms with Gasteiger partial charge in [0.25, 0.3) is 5.91 Å². The van der Waals surface area contributed by atoms with Crippen molar-refractivity contribution in [2.75, 3.05) is 23.7 Å². The lowest BCUT2D eigenvalue weighted by atomic mass is 9.98. The summed E-state index contributed by atoms with van der Waals surface area (Å²) in [5.41, 5.74) is 1.80. The minimum absolute atomic E-state index is 0.0430. The molecule has 0 radical (unpaired) electrons. The molecule has 2 heterocycles. The van der Waals surface area contributed by atoms with E-state index in [0.717, 1.165) is 5.56 Å². The van der Waals surface area contributed by atoms with E-state index < -0.39 is 22.0 Å². The molecule has 1 fully saturated rings. The largest absolute Gasteiger partial charge is 0.479 e. The predicted octanol–water partition coefficient (Wildman–Crippen LogP) is 3.41. The zero-order chi connectivity index (χ0) is 23.0. The van der Waals surface area contributed by atoms with Crippen LogP contribution in [-0.4, -0.2) is 43.7 Å². The SMILES string of the molecule is Cc1ccc(Cl)cc1NC(=O)[C@@H]1CCCN(S(=O)(=O)c2ccc3c(c2)NC(=O)[C@H](C)O3)C1. The first-order valence-electron chi connectivity index (χ1n) is 10.3. The fourth-order valence-corrected chi connectivity index (χ4v) is 5.56. The van der Waals surface area contributed by atoms with Gasteiger partial charge < -0.3 is 15.4 Å². The van der Waals surface area contributed by atoms with E-state index in [1.165, 1.54) is 22.5 Å². The van der Waals surface area contributed by atoms with Crippen molar-refractivity contribution < 1.29 is 22.7 Å². The molecule has 2 atom stereocenters. The van der Waals surface area contributed by atoms with Gasteiger partial charge in [-0.3, -0.25) is 9.59 Å². The summed E-state index contributed by atoms with van der Waals surface area (Å²) in [5, 5.41) is 6.05. The van der Waals surface area contributed by atoms with E-state index in [9.17, 15) is 18.0 Å². The summed E-state index contributed by atoms with van der Waals surface area (Å²) in [6, 6.07) is 9.62. The number of hydrogen-bond acceptors (Lipinski definition) is 5. The highest BCUT2D eigenvalue weighted by Gasteiger charge is 2.34. The highest BCUT2D eigenvalue weighted by Crippen LogP contribution is 2.34. The van der Waals surface area contributed by atoms with E-state index in [-0.39, 0.29) is 23.3 Å². The number of piperidine rings is 1. The third-order valence-corrected chi connectivity index (χ3v) is 7.83. The van der Waals surface area contributed by atoms with Crippen molar-refractivity contribution >= 4 is 44.8 Å². The van der Waals surface area contributed by atoms with Crippen molar-refractivity contribution in [2.24, 2.45) is 5.92 Å². The molecule has 2 aromatic carbocycles. The van der Waals surface area contributed by atoms with Crippen LogP contribution in [0.3, 0.4) is 0 Å². The molecule has 2 N–H and O–H groups in total. The maximum atomic E-state index is 13.3.